The van der Waals surface area contributed by atoms with Crippen molar-refractivity contribution in [3.63, 3.8) is 0 Å². The molecule has 0 saturated carbocycles. The molecule has 0 aliphatic rings. The Labute approximate surface area is 180 Å². The first kappa shape index (κ1) is 20.4. The number of benzene rings is 3. The average molecular weight is 412 g/mol. The number of nitrogens with one attached hydrogen (secondary N) is 2. The molecule has 0 saturated heterocycles. The molecule has 2 amide bonds. The number of hydrogen-bond acceptors (Lipinski definition) is 3. The third-order valence-corrected chi connectivity index (χ3v) is 5.05. The molecule has 4 rings (SSSR count). The zero-order valence-electron chi connectivity index (χ0n) is 17.7. The summed E-state index contributed by atoms with van der Waals surface area (Å²) in [5.41, 5.74) is 3.61. The number of fused-ring (bicyclic) bond motifs is 1. The van der Waals surface area contributed by atoms with E-state index in [1.54, 1.807) is 30.3 Å². The molecule has 31 heavy (non-hydrogen) atoms. The van der Waals surface area contributed by atoms with Crippen LogP contribution in [-0.4, -0.2) is 6.03 Å². The Morgan fingerprint density at radius 1 is 0.806 bits per heavy atom. The maximum atomic E-state index is 12.7. The minimum absolute atomic E-state index is 0.0545. The highest BCUT2D eigenvalue weighted by Gasteiger charge is 2.14. The molecule has 0 atom stereocenters. The van der Waals surface area contributed by atoms with Crippen LogP contribution in [0.3, 0.4) is 0 Å². The van der Waals surface area contributed by atoms with Gasteiger partial charge in [-0.05, 0) is 41.3 Å². The van der Waals surface area contributed by atoms with E-state index in [4.69, 9.17) is 4.42 Å². The lowest BCUT2D eigenvalue weighted by molar-refractivity contribution is 0.262. The first-order valence-electron chi connectivity index (χ1n) is 10.1. The molecule has 1 heterocycles. The van der Waals surface area contributed by atoms with Gasteiger partial charge in [0.1, 0.15) is 11.3 Å². The Balaban J connectivity index is 1.58. The molecule has 3 aromatic carbocycles. The quantitative estimate of drug-likeness (QED) is 0.409. The van der Waals surface area contributed by atoms with Crippen LogP contribution in [0.2, 0.25) is 0 Å². The number of anilines is 2. The van der Waals surface area contributed by atoms with Gasteiger partial charge in [-0.15, -0.1) is 0 Å². The highest BCUT2D eigenvalue weighted by Crippen LogP contribution is 2.27. The number of carbonyl (C=O) groups is 1. The molecule has 1 aromatic heterocycles. The molecule has 2 N–H and O–H groups in total. The maximum Gasteiger partial charge on any atom is 0.323 e. The third kappa shape index (κ3) is 4.67. The summed E-state index contributed by atoms with van der Waals surface area (Å²) in [7, 11) is 0. The van der Waals surface area contributed by atoms with E-state index in [-0.39, 0.29) is 16.9 Å². The van der Waals surface area contributed by atoms with Crippen molar-refractivity contribution < 1.29 is 9.21 Å². The lowest BCUT2D eigenvalue weighted by atomic mass is 9.86. The van der Waals surface area contributed by atoms with E-state index in [1.165, 1.54) is 11.6 Å². The topological polar surface area (TPSA) is 71.3 Å². The zero-order valence-corrected chi connectivity index (χ0v) is 17.7. The van der Waals surface area contributed by atoms with Gasteiger partial charge in [-0.2, -0.15) is 0 Å². The van der Waals surface area contributed by atoms with Gasteiger partial charge in [0.15, 0.2) is 5.43 Å². The fraction of sp³-hybridized carbons (Fsp3) is 0.154. The van der Waals surface area contributed by atoms with E-state index < -0.39 is 0 Å². The third-order valence-electron chi connectivity index (χ3n) is 5.05. The number of hydrogen-bond donors (Lipinski definition) is 2. The summed E-state index contributed by atoms with van der Waals surface area (Å²) in [5.74, 6) is 0.514. The van der Waals surface area contributed by atoms with E-state index in [0.717, 1.165) is 5.56 Å². The predicted octanol–water partition coefficient (Wildman–Crippen LogP) is 6.40. The van der Waals surface area contributed by atoms with Crippen molar-refractivity contribution in [1.82, 2.24) is 0 Å². The van der Waals surface area contributed by atoms with Crippen LogP contribution in [0.4, 0.5) is 16.2 Å². The second kappa shape index (κ2) is 8.11. The molecule has 0 spiro atoms. The number of urea groups is 1. The van der Waals surface area contributed by atoms with Crippen molar-refractivity contribution in [2.45, 2.75) is 26.2 Å². The van der Waals surface area contributed by atoms with Crippen molar-refractivity contribution in [1.29, 1.82) is 0 Å². The predicted molar refractivity (Wildman–Crippen MR) is 126 cm³/mol. The van der Waals surface area contributed by atoms with Crippen molar-refractivity contribution >= 4 is 28.4 Å². The Hall–Kier alpha value is -3.86. The van der Waals surface area contributed by atoms with E-state index in [1.807, 2.05) is 30.3 Å². The largest absolute Gasteiger partial charge is 0.456 e. The van der Waals surface area contributed by atoms with Crippen LogP contribution < -0.4 is 16.1 Å². The van der Waals surface area contributed by atoms with E-state index in [9.17, 15) is 9.59 Å². The van der Waals surface area contributed by atoms with Crippen molar-refractivity contribution in [3.05, 3.63) is 94.6 Å². The minimum Gasteiger partial charge on any atom is -0.456 e. The van der Waals surface area contributed by atoms with Crippen LogP contribution in [0.15, 0.2) is 88.1 Å². The second-order valence-electron chi connectivity index (χ2n) is 8.46. The summed E-state index contributed by atoms with van der Waals surface area (Å²) < 4.78 is 5.98. The smallest absolute Gasteiger partial charge is 0.323 e. The average Bonchev–Trinajstić information content (AvgIpc) is 2.74. The van der Waals surface area contributed by atoms with Gasteiger partial charge >= 0.3 is 6.03 Å². The number of amides is 2. The van der Waals surface area contributed by atoms with Crippen LogP contribution in [-0.2, 0) is 5.41 Å². The van der Waals surface area contributed by atoms with Gasteiger partial charge in [-0.3, -0.25) is 4.79 Å². The van der Waals surface area contributed by atoms with Crippen molar-refractivity contribution in [3.8, 4) is 11.3 Å². The monoisotopic (exact) mass is 412 g/mol. The number of para-hydroxylation sites is 1. The maximum absolute atomic E-state index is 12.7. The van der Waals surface area contributed by atoms with E-state index in [0.29, 0.717) is 28.1 Å². The summed E-state index contributed by atoms with van der Waals surface area (Å²) in [6, 6.07) is 23.3. The Morgan fingerprint density at radius 2 is 1.48 bits per heavy atom. The highest BCUT2D eigenvalue weighted by atomic mass is 16.3. The fourth-order valence-corrected chi connectivity index (χ4v) is 3.33. The molecule has 0 radical (unpaired) electrons. The molecule has 0 aliphatic carbocycles. The molecular weight excluding hydrogens is 388 g/mol. The lowest BCUT2D eigenvalue weighted by Crippen LogP contribution is -2.19. The van der Waals surface area contributed by atoms with Crippen LogP contribution in [0.1, 0.15) is 26.3 Å². The summed E-state index contributed by atoms with van der Waals surface area (Å²) in [4.78, 5) is 25.0. The standard InChI is InChI=1S/C26H24N2O3/c1-26(2,3)18-11-9-17(10-12-18)24-16-22(29)21-15-20(13-14-23(21)31-24)28-25(30)27-19-7-5-4-6-8-19/h4-16H,1-3H3,(H2,27,28,30). The first-order chi connectivity index (χ1) is 14.8. The molecule has 4 aromatic rings. The van der Waals surface area contributed by atoms with Gasteiger partial charge in [0.05, 0.1) is 5.39 Å². The van der Waals surface area contributed by atoms with Gasteiger partial charge in [0.2, 0.25) is 0 Å². The van der Waals surface area contributed by atoms with Gasteiger partial charge < -0.3 is 15.1 Å². The van der Waals surface area contributed by atoms with Crippen LogP contribution >= 0.6 is 0 Å². The van der Waals surface area contributed by atoms with E-state index in [2.05, 4.69) is 43.5 Å². The fourth-order valence-electron chi connectivity index (χ4n) is 3.33. The molecule has 5 nitrogen and oxygen atoms in total. The summed E-state index contributed by atoms with van der Waals surface area (Å²) in [6.45, 7) is 6.47. The number of carbonyl (C=O) groups excluding carboxylic acids is 1. The number of rotatable bonds is 3. The van der Waals surface area contributed by atoms with Crippen LogP contribution in [0, 0.1) is 0 Å². The van der Waals surface area contributed by atoms with Crippen LogP contribution in [0.25, 0.3) is 22.3 Å². The second-order valence-corrected chi connectivity index (χ2v) is 8.46. The van der Waals surface area contributed by atoms with Gasteiger partial charge in [0.25, 0.3) is 0 Å². The molecule has 5 heteroatoms. The first-order valence-corrected chi connectivity index (χ1v) is 10.1. The van der Waals surface area contributed by atoms with Crippen LogP contribution in [0.5, 0.6) is 0 Å². The van der Waals surface area contributed by atoms with Crippen molar-refractivity contribution in [2.24, 2.45) is 0 Å². The summed E-state index contributed by atoms with van der Waals surface area (Å²) in [5, 5.41) is 5.90. The molecule has 0 aliphatic heterocycles. The Kier molecular flexibility index (Phi) is 5.34. The molecule has 0 unspecified atom stereocenters. The van der Waals surface area contributed by atoms with Crippen molar-refractivity contribution in [2.75, 3.05) is 10.6 Å². The molecule has 0 fully saturated rings. The zero-order chi connectivity index (χ0) is 22.0. The summed E-state index contributed by atoms with van der Waals surface area (Å²) >= 11 is 0. The molecular formula is C26H24N2O3. The Bertz CT molecular complexity index is 1280. The normalized spacial score (nSPS) is 11.3. The lowest BCUT2D eigenvalue weighted by Gasteiger charge is -2.19. The summed E-state index contributed by atoms with van der Waals surface area (Å²) in [6.07, 6.45) is 0. The minimum atomic E-state index is -0.384. The van der Waals surface area contributed by atoms with Gasteiger partial charge in [-0.1, -0.05) is 63.2 Å². The van der Waals surface area contributed by atoms with Gasteiger partial charge in [-0.25, -0.2) is 4.79 Å². The van der Waals surface area contributed by atoms with Gasteiger partial charge in [0, 0.05) is 23.0 Å². The molecule has 156 valence electrons. The Morgan fingerprint density at radius 3 is 2.16 bits per heavy atom. The highest BCUT2D eigenvalue weighted by molar-refractivity contribution is 6.00. The SMILES string of the molecule is CC(C)(C)c1ccc(-c2cc(=O)c3cc(NC(=O)Nc4ccccc4)ccc3o2)cc1. The molecule has 0 bridgehead atoms. The van der Waals surface area contributed by atoms with E-state index >= 15 is 0 Å².